The Kier molecular flexibility index (Phi) is 5.37. The Morgan fingerprint density at radius 1 is 1.47 bits per heavy atom. The summed E-state index contributed by atoms with van der Waals surface area (Å²) in [7, 11) is 0. The van der Waals surface area contributed by atoms with Crippen molar-refractivity contribution in [1.82, 2.24) is 5.32 Å². The molecule has 4 heteroatoms. The third-order valence-electron chi connectivity index (χ3n) is 3.50. The van der Waals surface area contributed by atoms with Gasteiger partial charge in [0.15, 0.2) is 0 Å². The van der Waals surface area contributed by atoms with E-state index in [1.165, 1.54) is 6.07 Å². The molecule has 1 heterocycles. The molecule has 0 aliphatic carbocycles. The summed E-state index contributed by atoms with van der Waals surface area (Å²) in [6, 6.07) is 5.27. The molecule has 1 aromatic rings. The maximum atomic E-state index is 13.5. The SMILES string of the molecule is CC(C)NCC1CCCOC1c1cc(F)ccc1Br. The summed E-state index contributed by atoms with van der Waals surface area (Å²) in [4.78, 5) is 0. The minimum absolute atomic E-state index is 0.0231. The largest absolute Gasteiger partial charge is 0.373 e. The van der Waals surface area contributed by atoms with Crippen LogP contribution in [0.2, 0.25) is 0 Å². The summed E-state index contributed by atoms with van der Waals surface area (Å²) in [6.07, 6.45) is 2.17. The van der Waals surface area contributed by atoms with Crippen molar-refractivity contribution in [2.24, 2.45) is 5.92 Å². The van der Waals surface area contributed by atoms with Gasteiger partial charge >= 0.3 is 0 Å². The van der Waals surface area contributed by atoms with Gasteiger partial charge in [0.2, 0.25) is 0 Å². The second-order valence-electron chi connectivity index (χ2n) is 5.42. The maximum Gasteiger partial charge on any atom is 0.123 e. The molecular formula is C15H21BrFNO. The van der Waals surface area contributed by atoms with E-state index in [2.05, 4.69) is 35.1 Å². The fraction of sp³-hybridized carbons (Fsp3) is 0.600. The highest BCUT2D eigenvalue weighted by atomic mass is 79.9. The first-order chi connectivity index (χ1) is 9.08. The number of ether oxygens (including phenoxy) is 1. The van der Waals surface area contributed by atoms with E-state index >= 15 is 0 Å². The van der Waals surface area contributed by atoms with Gasteiger partial charge in [-0.05, 0) is 36.6 Å². The summed E-state index contributed by atoms with van der Waals surface area (Å²) in [5.41, 5.74) is 0.926. The van der Waals surface area contributed by atoms with E-state index in [0.717, 1.165) is 36.0 Å². The minimum Gasteiger partial charge on any atom is -0.373 e. The smallest absolute Gasteiger partial charge is 0.123 e. The molecule has 0 bridgehead atoms. The standard InChI is InChI=1S/C15H21BrFNO/c1-10(2)18-9-11-4-3-7-19-15(11)13-8-12(17)5-6-14(13)16/h5-6,8,10-11,15,18H,3-4,7,9H2,1-2H3. The van der Waals surface area contributed by atoms with E-state index in [1.54, 1.807) is 12.1 Å². The van der Waals surface area contributed by atoms with Crippen molar-refractivity contribution < 1.29 is 9.13 Å². The highest BCUT2D eigenvalue weighted by Gasteiger charge is 2.29. The van der Waals surface area contributed by atoms with Crippen molar-refractivity contribution in [2.45, 2.75) is 38.8 Å². The zero-order chi connectivity index (χ0) is 13.8. The van der Waals surface area contributed by atoms with Gasteiger partial charge in [0.1, 0.15) is 5.82 Å². The zero-order valence-corrected chi connectivity index (χ0v) is 13.0. The molecule has 0 aromatic heterocycles. The molecule has 1 fully saturated rings. The molecule has 1 aromatic carbocycles. The van der Waals surface area contributed by atoms with Crippen molar-refractivity contribution in [3.63, 3.8) is 0 Å². The van der Waals surface area contributed by atoms with Crippen molar-refractivity contribution in [1.29, 1.82) is 0 Å². The van der Waals surface area contributed by atoms with Crippen LogP contribution in [0, 0.1) is 11.7 Å². The summed E-state index contributed by atoms with van der Waals surface area (Å²) >= 11 is 3.51. The van der Waals surface area contributed by atoms with E-state index in [0.29, 0.717) is 12.0 Å². The highest BCUT2D eigenvalue weighted by molar-refractivity contribution is 9.10. The number of hydrogen-bond acceptors (Lipinski definition) is 2. The summed E-state index contributed by atoms with van der Waals surface area (Å²) in [5, 5.41) is 3.46. The van der Waals surface area contributed by atoms with E-state index < -0.39 is 0 Å². The van der Waals surface area contributed by atoms with E-state index in [4.69, 9.17) is 4.74 Å². The lowest BCUT2D eigenvalue weighted by Gasteiger charge is -2.33. The number of benzene rings is 1. The van der Waals surface area contributed by atoms with Gasteiger partial charge in [-0.2, -0.15) is 0 Å². The molecule has 2 atom stereocenters. The van der Waals surface area contributed by atoms with Crippen LogP contribution >= 0.6 is 15.9 Å². The Morgan fingerprint density at radius 2 is 2.26 bits per heavy atom. The number of nitrogens with one attached hydrogen (secondary N) is 1. The van der Waals surface area contributed by atoms with Gasteiger partial charge in [0.25, 0.3) is 0 Å². The molecule has 0 radical (unpaired) electrons. The van der Waals surface area contributed by atoms with Crippen LogP contribution in [0.25, 0.3) is 0 Å². The van der Waals surface area contributed by atoms with Gasteiger partial charge in [-0.15, -0.1) is 0 Å². The molecule has 1 aliphatic heterocycles. The third kappa shape index (κ3) is 4.01. The molecule has 2 unspecified atom stereocenters. The molecule has 1 saturated heterocycles. The van der Waals surface area contributed by atoms with Crippen LogP contribution in [-0.4, -0.2) is 19.2 Å². The first kappa shape index (κ1) is 14.9. The Balaban J connectivity index is 2.16. The normalized spacial score (nSPS) is 23.8. The lowest BCUT2D eigenvalue weighted by Crippen LogP contribution is -2.35. The lowest BCUT2D eigenvalue weighted by molar-refractivity contribution is -0.0287. The first-order valence-electron chi connectivity index (χ1n) is 6.88. The average Bonchev–Trinajstić information content (AvgIpc) is 2.39. The predicted octanol–water partition coefficient (Wildman–Crippen LogP) is 4.05. The number of halogens is 2. The Labute approximate surface area is 122 Å². The zero-order valence-electron chi connectivity index (χ0n) is 11.5. The molecule has 2 rings (SSSR count). The van der Waals surface area contributed by atoms with Crippen LogP contribution in [0.1, 0.15) is 38.4 Å². The van der Waals surface area contributed by atoms with Crippen LogP contribution < -0.4 is 5.32 Å². The van der Waals surface area contributed by atoms with Gasteiger partial charge in [0.05, 0.1) is 6.10 Å². The van der Waals surface area contributed by atoms with Crippen LogP contribution in [-0.2, 0) is 4.74 Å². The maximum absolute atomic E-state index is 13.5. The van der Waals surface area contributed by atoms with Crippen LogP contribution in [0.5, 0.6) is 0 Å². The Bertz CT molecular complexity index is 425. The molecule has 106 valence electrons. The summed E-state index contributed by atoms with van der Waals surface area (Å²) in [5.74, 6) is 0.192. The molecule has 0 saturated carbocycles. The second kappa shape index (κ2) is 6.82. The molecule has 19 heavy (non-hydrogen) atoms. The fourth-order valence-corrected chi connectivity index (χ4v) is 2.99. The van der Waals surface area contributed by atoms with Crippen molar-refractivity contribution in [3.05, 3.63) is 34.1 Å². The van der Waals surface area contributed by atoms with E-state index in [9.17, 15) is 4.39 Å². The Hall–Kier alpha value is -0.450. The van der Waals surface area contributed by atoms with Gasteiger partial charge in [-0.3, -0.25) is 0 Å². The molecule has 0 spiro atoms. The second-order valence-corrected chi connectivity index (χ2v) is 6.28. The van der Waals surface area contributed by atoms with Gasteiger partial charge in [0, 0.05) is 29.6 Å². The number of rotatable bonds is 4. The minimum atomic E-state index is -0.206. The monoisotopic (exact) mass is 329 g/mol. The van der Waals surface area contributed by atoms with Crippen LogP contribution in [0.3, 0.4) is 0 Å². The average molecular weight is 330 g/mol. The highest BCUT2D eigenvalue weighted by Crippen LogP contribution is 2.37. The summed E-state index contributed by atoms with van der Waals surface area (Å²) < 4.78 is 20.3. The van der Waals surface area contributed by atoms with Crippen LogP contribution in [0.15, 0.2) is 22.7 Å². The van der Waals surface area contributed by atoms with E-state index in [1.807, 2.05) is 0 Å². The molecule has 1 aliphatic rings. The third-order valence-corrected chi connectivity index (χ3v) is 4.22. The molecular weight excluding hydrogens is 309 g/mol. The Morgan fingerprint density at radius 3 is 3.00 bits per heavy atom. The van der Waals surface area contributed by atoms with Crippen molar-refractivity contribution in [3.8, 4) is 0 Å². The quantitative estimate of drug-likeness (QED) is 0.899. The van der Waals surface area contributed by atoms with Crippen molar-refractivity contribution in [2.75, 3.05) is 13.2 Å². The lowest BCUT2D eigenvalue weighted by atomic mass is 9.89. The van der Waals surface area contributed by atoms with Gasteiger partial charge in [-0.25, -0.2) is 4.39 Å². The predicted molar refractivity (Wildman–Crippen MR) is 78.7 cm³/mol. The topological polar surface area (TPSA) is 21.3 Å². The van der Waals surface area contributed by atoms with Gasteiger partial charge in [-0.1, -0.05) is 29.8 Å². The fourth-order valence-electron chi connectivity index (χ4n) is 2.52. The molecule has 2 nitrogen and oxygen atoms in total. The van der Waals surface area contributed by atoms with Gasteiger partial charge < -0.3 is 10.1 Å². The first-order valence-corrected chi connectivity index (χ1v) is 7.67. The van der Waals surface area contributed by atoms with E-state index in [-0.39, 0.29) is 11.9 Å². The summed E-state index contributed by atoms with van der Waals surface area (Å²) in [6.45, 7) is 5.94. The number of hydrogen-bond donors (Lipinski definition) is 1. The molecule has 1 N–H and O–H groups in total. The van der Waals surface area contributed by atoms with Crippen molar-refractivity contribution >= 4 is 15.9 Å². The van der Waals surface area contributed by atoms with Crippen LogP contribution in [0.4, 0.5) is 4.39 Å². The molecule has 0 amide bonds.